The van der Waals surface area contributed by atoms with E-state index in [9.17, 15) is 9.59 Å². The number of rotatable bonds is 4. The van der Waals surface area contributed by atoms with E-state index < -0.39 is 0 Å². The summed E-state index contributed by atoms with van der Waals surface area (Å²) in [4.78, 5) is 32.2. The Morgan fingerprint density at radius 2 is 1.65 bits per heavy atom. The first kappa shape index (κ1) is 19.2. The van der Waals surface area contributed by atoms with Crippen molar-refractivity contribution in [3.05, 3.63) is 101 Å². The smallest absolute Gasteiger partial charge is 0.267 e. The van der Waals surface area contributed by atoms with E-state index in [1.165, 1.54) is 16.9 Å². The molecule has 3 aromatic carbocycles. The largest absolute Gasteiger partial charge is 0.321 e. The van der Waals surface area contributed by atoms with E-state index in [0.717, 1.165) is 22.7 Å². The Morgan fingerprint density at radius 1 is 0.903 bits per heavy atom. The molecule has 4 aromatic rings. The molecular weight excluding hydrogens is 406 g/mol. The molecule has 5 rings (SSSR count). The molecule has 1 N–H and O–H groups in total. The van der Waals surface area contributed by atoms with E-state index in [1.54, 1.807) is 30.5 Å². The number of nitrogens with zero attached hydrogens (tertiary/aromatic N) is 2. The Balaban J connectivity index is 1.27. The molecule has 1 aliphatic heterocycles. The molecule has 0 saturated heterocycles. The average molecular weight is 426 g/mol. The SMILES string of the molecule is O=C(Nc1ccc(C(=O)N2CCc3ccccc32)cc1)c1cnc(-c2ccccc2)s1. The molecule has 0 fully saturated rings. The summed E-state index contributed by atoms with van der Waals surface area (Å²) in [5.41, 5.74) is 4.39. The van der Waals surface area contributed by atoms with Crippen molar-refractivity contribution in [2.45, 2.75) is 6.42 Å². The zero-order chi connectivity index (χ0) is 21.2. The lowest BCUT2D eigenvalue weighted by Gasteiger charge is -2.17. The molecule has 1 aromatic heterocycles. The molecule has 0 bridgehead atoms. The number of carbonyl (C=O) groups excluding carboxylic acids is 2. The number of aromatic nitrogens is 1. The Kier molecular flexibility index (Phi) is 5.06. The van der Waals surface area contributed by atoms with Gasteiger partial charge < -0.3 is 10.2 Å². The minimum absolute atomic E-state index is 0.0298. The van der Waals surface area contributed by atoms with Crippen molar-refractivity contribution < 1.29 is 9.59 Å². The molecule has 152 valence electrons. The normalized spacial score (nSPS) is 12.5. The number of hydrogen-bond donors (Lipinski definition) is 1. The summed E-state index contributed by atoms with van der Waals surface area (Å²) >= 11 is 1.35. The van der Waals surface area contributed by atoms with Crippen LogP contribution in [0.25, 0.3) is 10.6 Å². The highest BCUT2D eigenvalue weighted by molar-refractivity contribution is 7.17. The number of para-hydroxylation sites is 1. The lowest BCUT2D eigenvalue weighted by atomic mass is 10.1. The third-order valence-corrected chi connectivity index (χ3v) is 6.32. The van der Waals surface area contributed by atoms with Crippen LogP contribution in [-0.4, -0.2) is 23.3 Å². The van der Waals surface area contributed by atoms with E-state index in [-0.39, 0.29) is 11.8 Å². The monoisotopic (exact) mass is 425 g/mol. The maximum absolute atomic E-state index is 12.9. The molecule has 6 heteroatoms. The van der Waals surface area contributed by atoms with Gasteiger partial charge in [0.05, 0.1) is 6.20 Å². The number of hydrogen-bond acceptors (Lipinski definition) is 4. The van der Waals surface area contributed by atoms with E-state index in [1.807, 2.05) is 53.4 Å². The molecular formula is C25H19N3O2S. The maximum atomic E-state index is 12.9. The number of benzene rings is 3. The van der Waals surface area contributed by atoms with E-state index in [2.05, 4.69) is 16.4 Å². The number of carbonyl (C=O) groups is 2. The standard InChI is InChI=1S/C25H19N3O2S/c29-23(22-16-26-24(31-22)18-7-2-1-3-8-18)27-20-12-10-19(11-13-20)25(30)28-15-14-17-6-4-5-9-21(17)28/h1-13,16H,14-15H2,(H,27,29). The summed E-state index contributed by atoms with van der Waals surface area (Å²) in [7, 11) is 0. The number of thiazole rings is 1. The van der Waals surface area contributed by atoms with Gasteiger partial charge in [0.1, 0.15) is 9.88 Å². The lowest BCUT2D eigenvalue weighted by Crippen LogP contribution is -2.28. The second-order valence-corrected chi connectivity index (χ2v) is 8.29. The molecule has 0 spiro atoms. The van der Waals surface area contributed by atoms with Crippen LogP contribution in [0, 0.1) is 0 Å². The average Bonchev–Trinajstić information content (AvgIpc) is 3.48. The molecule has 0 saturated carbocycles. The zero-order valence-electron chi connectivity index (χ0n) is 16.6. The summed E-state index contributed by atoms with van der Waals surface area (Å²) in [5.74, 6) is -0.245. The highest BCUT2D eigenvalue weighted by Crippen LogP contribution is 2.29. The van der Waals surface area contributed by atoms with Gasteiger partial charge >= 0.3 is 0 Å². The first-order valence-corrected chi connectivity index (χ1v) is 10.8. The van der Waals surface area contributed by atoms with Gasteiger partial charge in [-0.15, -0.1) is 11.3 Å². The van der Waals surface area contributed by atoms with Crippen LogP contribution < -0.4 is 10.2 Å². The van der Waals surface area contributed by atoms with Crippen LogP contribution in [0.2, 0.25) is 0 Å². The minimum Gasteiger partial charge on any atom is -0.321 e. The maximum Gasteiger partial charge on any atom is 0.267 e. The first-order valence-electron chi connectivity index (χ1n) is 10.0. The van der Waals surface area contributed by atoms with Gasteiger partial charge in [-0.05, 0) is 42.3 Å². The van der Waals surface area contributed by atoms with Crippen molar-refractivity contribution in [2.75, 3.05) is 16.8 Å². The number of anilines is 2. The molecule has 2 heterocycles. The molecule has 2 amide bonds. The molecule has 0 unspecified atom stereocenters. The van der Waals surface area contributed by atoms with E-state index in [4.69, 9.17) is 0 Å². The van der Waals surface area contributed by atoms with Crippen LogP contribution in [0.15, 0.2) is 85.1 Å². The zero-order valence-corrected chi connectivity index (χ0v) is 17.4. The number of fused-ring (bicyclic) bond motifs is 1. The Bertz CT molecular complexity index is 1250. The third-order valence-electron chi connectivity index (χ3n) is 5.27. The van der Waals surface area contributed by atoms with E-state index >= 15 is 0 Å². The van der Waals surface area contributed by atoms with Crippen molar-refractivity contribution in [1.82, 2.24) is 4.98 Å². The summed E-state index contributed by atoms with van der Waals surface area (Å²) in [6, 6.07) is 24.8. The number of amides is 2. The summed E-state index contributed by atoms with van der Waals surface area (Å²) in [5, 5.41) is 3.68. The van der Waals surface area contributed by atoms with Crippen molar-refractivity contribution >= 4 is 34.5 Å². The molecule has 5 nitrogen and oxygen atoms in total. The van der Waals surface area contributed by atoms with Crippen LogP contribution in [0.3, 0.4) is 0 Å². The van der Waals surface area contributed by atoms with Gasteiger partial charge in [0.15, 0.2) is 0 Å². The molecule has 0 radical (unpaired) electrons. The molecule has 0 atom stereocenters. The number of nitrogens with one attached hydrogen (secondary N) is 1. The first-order chi connectivity index (χ1) is 15.2. The highest BCUT2D eigenvalue weighted by atomic mass is 32.1. The van der Waals surface area contributed by atoms with Crippen LogP contribution in [0.4, 0.5) is 11.4 Å². The third kappa shape index (κ3) is 3.85. The second kappa shape index (κ2) is 8.16. The summed E-state index contributed by atoms with van der Waals surface area (Å²) in [6.07, 6.45) is 2.46. The van der Waals surface area contributed by atoms with Gasteiger partial charge in [-0.25, -0.2) is 4.98 Å². The van der Waals surface area contributed by atoms with Gasteiger partial charge in [-0.1, -0.05) is 48.5 Å². The van der Waals surface area contributed by atoms with Crippen molar-refractivity contribution in [3.8, 4) is 10.6 Å². The van der Waals surface area contributed by atoms with Crippen molar-refractivity contribution in [2.24, 2.45) is 0 Å². The second-order valence-electron chi connectivity index (χ2n) is 7.26. The Hall–Kier alpha value is -3.77. The molecule has 0 aliphatic carbocycles. The van der Waals surface area contributed by atoms with Crippen molar-refractivity contribution in [3.63, 3.8) is 0 Å². The Labute approximate surface area is 184 Å². The fraction of sp³-hybridized carbons (Fsp3) is 0.0800. The van der Waals surface area contributed by atoms with Crippen molar-refractivity contribution in [1.29, 1.82) is 0 Å². The molecule has 31 heavy (non-hydrogen) atoms. The minimum atomic E-state index is -0.216. The van der Waals surface area contributed by atoms with Crippen LogP contribution in [-0.2, 0) is 6.42 Å². The van der Waals surface area contributed by atoms with Gasteiger partial charge in [0, 0.05) is 29.0 Å². The summed E-state index contributed by atoms with van der Waals surface area (Å²) < 4.78 is 0. The van der Waals surface area contributed by atoms with Crippen LogP contribution in [0.1, 0.15) is 25.6 Å². The predicted molar refractivity (Wildman–Crippen MR) is 124 cm³/mol. The molecule has 1 aliphatic rings. The Morgan fingerprint density at radius 3 is 2.45 bits per heavy atom. The van der Waals surface area contributed by atoms with Crippen LogP contribution in [0.5, 0.6) is 0 Å². The van der Waals surface area contributed by atoms with Gasteiger partial charge in [0.25, 0.3) is 11.8 Å². The fourth-order valence-electron chi connectivity index (χ4n) is 3.69. The topological polar surface area (TPSA) is 62.3 Å². The highest BCUT2D eigenvalue weighted by Gasteiger charge is 2.25. The van der Waals surface area contributed by atoms with Gasteiger partial charge in [0.2, 0.25) is 0 Å². The predicted octanol–water partition coefficient (Wildman–Crippen LogP) is 5.27. The fourth-order valence-corrected chi connectivity index (χ4v) is 4.50. The quantitative estimate of drug-likeness (QED) is 0.485. The van der Waals surface area contributed by atoms with Gasteiger partial charge in [-0.2, -0.15) is 0 Å². The summed E-state index contributed by atoms with van der Waals surface area (Å²) in [6.45, 7) is 0.686. The lowest BCUT2D eigenvalue weighted by molar-refractivity contribution is 0.0988. The van der Waals surface area contributed by atoms with E-state index in [0.29, 0.717) is 22.7 Å². The van der Waals surface area contributed by atoms with Gasteiger partial charge in [-0.3, -0.25) is 9.59 Å². The van der Waals surface area contributed by atoms with Crippen LogP contribution >= 0.6 is 11.3 Å².